The summed E-state index contributed by atoms with van der Waals surface area (Å²) in [6, 6.07) is 10.6. The van der Waals surface area contributed by atoms with E-state index >= 15 is 0 Å². The van der Waals surface area contributed by atoms with Gasteiger partial charge in [0.2, 0.25) is 0 Å². The van der Waals surface area contributed by atoms with E-state index in [0.29, 0.717) is 0 Å². The maximum Gasteiger partial charge on any atom is 0.0231 e. The molecule has 0 radical (unpaired) electrons. The molecule has 1 aromatic rings. The van der Waals surface area contributed by atoms with E-state index in [4.69, 9.17) is 0 Å². The molecule has 1 aromatic carbocycles. The number of allylic oxidation sites excluding steroid dienone is 2. The SMILES string of the molecule is C=C(SCc1ccccc1)C1=CCCCC1. The van der Waals surface area contributed by atoms with Crippen molar-refractivity contribution >= 4 is 11.8 Å². The second kappa shape index (κ2) is 5.95. The van der Waals surface area contributed by atoms with Gasteiger partial charge in [0, 0.05) is 10.7 Å². The molecular formula is C15H18S. The van der Waals surface area contributed by atoms with E-state index in [0.717, 1.165) is 5.75 Å². The molecule has 0 heterocycles. The predicted molar refractivity (Wildman–Crippen MR) is 73.4 cm³/mol. The summed E-state index contributed by atoms with van der Waals surface area (Å²) < 4.78 is 0. The van der Waals surface area contributed by atoms with Crippen LogP contribution in [0, 0.1) is 0 Å². The Balaban J connectivity index is 1.86. The fourth-order valence-corrected chi connectivity index (χ4v) is 2.83. The van der Waals surface area contributed by atoms with Crippen molar-refractivity contribution in [2.24, 2.45) is 0 Å². The lowest BCUT2D eigenvalue weighted by atomic mass is 10.00. The lowest BCUT2D eigenvalue weighted by Crippen LogP contribution is -1.93. The van der Waals surface area contributed by atoms with Crippen molar-refractivity contribution in [2.45, 2.75) is 31.4 Å². The van der Waals surface area contributed by atoms with Crippen LogP contribution in [0.25, 0.3) is 0 Å². The number of hydrogen-bond acceptors (Lipinski definition) is 1. The lowest BCUT2D eigenvalue weighted by molar-refractivity contribution is 0.711. The van der Waals surface area contributed by atoms with Crippen molar-refractivity contribution in [1.29, 1.82) is 0 Å². The molecule has 0 spiro atoms. The first kappa shape index (κ1) is 11.5. The van der Waals surface area contributed by atoms with Crippen molar-refractivity contribution in [3.8, 4) is 0 Å². The molecule has 0 N–H and O–H groups in total. The van der Waals surface area contributed by atoms with E-state index in [1.807, 2.05) is 11.8 Å². The molecule has 16 heavy (non-hydrogen) atoms. The first-order valence-corrected chi connectivity index (χ1v) is 6.90. The molecule has 0 aliphatic heterocycles. The zero-order valence-corrected chi connectivity index (χ0v) is 10.4. The largest absolute Gasteiger partial charge is 0.122 e. The quantitative estimate of drug-likeness (QED) is 0.706. The summed E-state index contributed by atoms with van der Waals surface area (Å²) in [5.74, 6) is 1.04. The van der Waals surface area contributed by atoms with E-state index in [-0.39, 0.29) is 0 Å². The van der Waals surface area contributed by atoms with E-state index in [1.54, 1.807) is 0 Å². The number of rotatable bonds is 4. The van der Waals surface area contributed by atoms with Crippen molar-refractivity contribution in [3.63, 3.8) is 0 Å². The van der Waals surface area contributed by atoms with Gasteiger partial charge in [0.25, 0.3) is 0 Å². The second-order valence-electron chi connectivity index (χ2n) is 4.17. The van der Waals surface area contributed by atoms with Gasteiger partial charge in [-0.15, -0.1) is 11.8 Å². The lowest BCUT2D eigenvalue weighted by Gasteiger charge is -2.14. The Morgan fingerprint density at radius 1 is 1.19 bits per heavy atom. The highest BCUT2D eigenvalue weighted by Gasteiger charge is 2.07. The van der Waals surface area contributed by atoms with E-state index in [2.05, 4.69) is 43.0 Å². The van der Waals surface area contributed by atoms with Crippen LogP contribution in [-0.4, -0.2) is 0 Å². The summed E-state index contributed by atoms with van der Waals surface area (Å²) >= 11 is 1.87. The maximum atomic E-state index is 4.19. The number of hydrogen-bond donors (Lipinski definition) is 0. The monoisotopic (exact) mass is 230 g/mol. The third kappa shape index (κ3) is 3.28. The number of thioether (sulfide) groups is 1. The Hall–Kier alpha value is -0.950. The molecule has 1 aliphatic carbocycles. The van der Waals surface area contributed by atoms with Gasteiger partial charge in [-0.1, -0.05) is 43.0 Å². The highest BCUT2D eigenvalue weighted by molar-refractivity contribution is 8.02. The minimum absolute atomic E-state index is 1.04. The van der Waals surface area contributed by atoms with Gasteiger partial charge in [0.05, 0.1) is 0 Å². The van der Waals surface area contributed by atoms with Crippen LogP contribution in [0.1, 0.15) is 31.2 Å². The molecule has 2 rings (SSSR count). The molecule has 0 saturated carbocycles. The van der Waals surface area contributed by atoms with E-state index in [9.17, 15) is 0 Å². The topological polar surface area (TPSA) is 0 Å². The Morgan fingerprint density at radius 3 is 2.69 bits per heavy atom. The van der Waals surface area contributed by atoms with Gasteiger partial charge in [-0.05, 0) is 36.8 Å². The highest BCUT2D eigenvalue weighted by atomic mass is 32.2. The molecule has 1 aliphatic rings. The predicted octanol–water partition coefficient (Wildman–Crippen LogP) is 4.93. The molecule has 84 valence electrons. The van der Waals surface area contributed by atoms with Gasteiger partial charge in [-0.3, -0.25) is 0 Å². The third-order valence-corrected chi connectivity index (χ3v) is 3.99. The average Bonchev–Trinajstić information content (AvgIpc) is 2.38. The average molecular weight is 230 g/mol. The van der Waals surface area contributed by atoms with Gasteiger partial charge in [0.15, 0.2) is 0 Å². The van der Waals surface area contributed by atoms with Crippen LogP contribution in [0.15, 0.2) is 53.5 Å². The van der Waals surface area contributed by atoms with Crippen molar-refractivity contribution in [2.75, 3.05) is 0 Å². The molecule has 0 aromatic heterocycles. The zero-order valence-electron chi connectivity index (χ0n) is 9.61. The van der Waals surface area contributed by atoms with E-state index in [1.165, 1.54) is 41.7 Å². The summed E-state index contributed by atoms with van der Waals surface area (Å²) in [5, 5.41) is 0. The van der Waals surface area contributed by atoms with Crippen molar-refractivity contribution in [1.82, 2.24) is 0 Å². The summed E-state index contributed by atoms with van der Waals surface area (Å²) in [4.78, 5) is 1.27. The zero-order chi connectivity index (χ0) is 11.2. The summed E-state index contributed by atoms with van der Waals surface area (Å²) in [6.45, 7) is 4.19. The Kier molecular flexibility index (Phi) is 4.29. The highest BCUT2D eigenvalue weighted by Crippen LogP contribution is 2.31. The molecule has 0 unspecified atom stereocenters. The van der Waals surface area contributed by atoms with Crippen LogP contribution in [-0.2, 0) is 5.75 Å². The second-order valence-corrected chi connectivity index (χ2v) is 5.24. The Morgan fingerprint density at radius 2 is 2.00 bits per heavy atom. The first-order chi connectivity index (χ1) is 7.86. The van der Waals surface area contributed by atoms with Gasteiger partial charge >= 0.3 is 0 Å². The Bertz CT molecular complexity index is 376. The molecule has 0 atom stereocenters. The maximum absolute atomic E-state index is 4.19. The summed E-state index contributed by atoms with van der Waals surface area (Å²) in [6.07, 6.45) is 7.50. The molecule has 0 fully saturated rings. The molecule has 0 saturated heterocycles. The number of benzene rings is 1. The minimum Gasteiger partial charge on any atom is -0.122 e. The van der Waals surface area contributed by atoms with Crippen LogP contribution in [0.3, 0.4) is 0 Å². The van der Waals surface area contributed by atoms with Crippen LogP contribution in [0.2, 0.25) is 0 Å². The van der Waals surface area contributed by atoms with Gasteiger partial charge in [0.1, 0.15) is 0 Å². The minimum atomic E-state index is 1.04. The van der Waals surface area contributed by atoms with E-state index < -0.39 is 0 Å². The van der Waals surface area contributed by atoms with Gasteiger partial charge < -0.3 is 0 Å². The summed E-state index contributed by atoms with van der Waals surface area (Å²) in [7, 11) is 0. The van der Waals surface area contributed by atoms with Crippen molar-refractivity contribution in [3.05, 3.63) is 59.0 Å². The van der Waals surface area contributed by atoms with Gasteiger partial charge in [-0.25, -0.2) is 0 Å². The molecular weight excluding hydrogens is 212 g/mol. The van der Waals surface area contributed by atoms with Gasteiger partial charge in [-0.2, -0.15) is 0 Å². The molecule has 1 heteroatoms. The standard InChI is InChI=1S/C15H18S/c1-13(15-10-6-3-7-11-15)16-12-14-8-4-2-5-9-14/h2,4-5,8-10H,1,3,6-7,11-12H2. The molecule has 0 bridgehead atoms. The van der Waals surface area contributed by atoms with Crippen LogP contribution < -0.4 is 0 Å². The molecule has 0 nitrogen and oxygen atoms in total. The molecule has 0 amide bonds. The van der Waals surface area contributed by atoms with Crippen LogP contribution in [0.5, 0.6) is 0 Å². The first-order valence-electron chi connectivity index (χ1n) is 5.91. The normalized spacial score (nSPS) is 15.6. The Labute approximate surface area is 102 Å². The third-order valence-electron chi connectivity index (χ3n) is 2.91. The fourth-order valence-electron chi connectivity index (χ4n) is 1.93. The van der Waals surface area contributed by atoms with Crippen LogP contribution in [0.4, 0.5) is 0 Å². The van der Waals surface area contributed by atoms with Crippen LogP contribution >= 0.6 is 11.8 Å². The van der Waals surface area contributed by atoms with Crippen molar-refractivity contribution < 1.29 is 0 Å². The smallest absolute Gasteiger partial charge is 0.0231 e. The fraction of sp³-hybridized carbons (Fsp3) is 0.333. The summed E-state index contributed by atoms with van der Waals surface area (Å²) in [5.41, 5.74) is 2.86.